The fourth-order valence-corrected chi connectivity index (χ4v) is 6.01. The van der Waals surface area contributed by atoms with Crippen LogP contribution in [0.2, 0.25) is 0 Å². The monoisotopic (exact) mass is 622 g/mol. The van der Waals surface area contributed by atoms with Gasteiger partial charge in [0.2, 0.25) is 0 Å². The SMILES string of the molecule is CC(C)(C)OC(=O)N1CCC[C@H]1c1cc(-c2ccc(C#Cc3ccc4nc([C@@H]5CCCN5C(=O)OC(C)(C)C)[nH]c4c3)cc2)n[nH]1. The number of rotatable bonds is 3. The summed E-state index contributed by atoms with van der Waals surface area (Å²) >= 11 is 0. The number of benzene rings is 2. The molecule has 2 saturated heterocycles. The molecule has 2 aromatic carbocycles. The standard InChI is InChI=1S/C36H42N6O4/c1-35(2,3)45-33(43)41-19-7-9-30(41)29-22-27(39-40-29)25-16-13-23(14-17-25)11-12-24-15-18-26-28(21-24)38-32(37-26)31-10-8-20-42(31)34(44)46-36(4,5)6/h13-18,21-22,30-31H,7-10,19-20H2,1-6H3,(H,37,38)(H,39,40)/t30-,31-/m0/s1. The number of carbonyl (C=O) groups is 2. The molecule has 6 rings (SSSR count). The average Bonchev–Trinajstić information content (AvgIpc) is 3.79. The van der Waals surface area contributed by atoms with E-state index in [1.54, 1.807) is 9.80 Å². The highest BCUT2D eigenvalue weighted by Crippen LogP contribution is 2.35. The quantitative estimate of drug-likeness (QED) is 0.229. The number of amides is 2. The number of hydrogen-bond donors (Lipinski definition) is 2. The molecule has 2 atom stereocenters. The van der Waals surface area contributed by atoms with Gasteiger partial charge in [0.1, 0.15) is 17.0 Å². The van der Waals surface area contributed by atoms with E-state index in [-0.39, 0.29) is 24.3 Å². The molecular formula is C36H42N6O4. The van der Waals surface area contributed by atoms with Gasteiger partial charge >= 0.3 is 12.2 Å². The van der Waals surface area contributed by atoms with Crippen molar-refractivity contribution < 1.29 is 19.1 Å². The number of ether oxygens (including phenoxy) is 2. The van der Waals surface area contributed by atoms with Crippen LogP contribution in [0.1, 0.15) is 102 Å². The van der Waals surface area contributed by atoms with Crippen molar-refractivity contribution >= 4 is 23.2 Å². The van der Waals surface area contributed by atoms with E-state index in [0.717, 1.165) is 70.6 Å². The van der Waals surface area contributed by atoms with Crippen LogP contribution >= 0.6 is 0 Å². The van der Waals surface area contributed by atoms with E-state index in [9.17, 15) is 9.59 Å². The molecule has 46 heavy (non-hydrogen) atoms. The minimum atomic E-state index is -0.545. The molecule has 10 nitrogen and oxygen atoms in total. The second-order valence-corrected chi connectivity index (χ2v) is 14.1. The first kappa shape index (κ1) is 31.2. The van der Waals surface area contributed by atoms with E-state index in [4.69, 9.17) is 14.5 Å². The first-order valence-corrected chi connectivity index (χ1v) is 16.0. The van der Waals surface area contributed by atoms with E-state index in [1.165, 1.54) is 0 Å². The van der Waals surface area contributed by atoms with Crippen molar-refractivity contribution in [1.82, 2.24) is 30.0 Å². The number of nitrogens with zero attached hydrogens (tertiary/aromatic N) is 4. The Bertz CT molecular complexity index is 1800. The smallest absolute Gasteiger partial charge is 0.410 e. The highest BCUT2D eigenvalue weighted by molar-refractivity contribution is 5.77. The lowest BCUT2D eigenvalue weighted by Crippen LogP contribution is -2.36. The Kier molecular flexibility index (Phi) is 8.28. The molecule has 4 aromatic rings. The van der Waals surface area contributed by atoms with Crippen LogP contribution in [0, 0.1) is 11.8 Å². The summed E-state index contributed by atoms with van der Waals surface area (Å²) in [6.45, 7) is 12.6. The van der Waals surface area contributed by atoms with Gasteiger partial charge in [-0.1, -0.05) is 24.0 Å². The molecule has 0 unspecified atom stereocenters. The lowest BCUT2D eigenvalue weighted by atomic mass is 10.1. The van der Waals surface area contributed by atoms with Crippen molar-refractivity contribution in [3.63, 3.8) is 0 Å². The molecule has 0 aliphatic carbocycles. The Balaban J connectivity index is 1.12. The number of fused-ring (bicyclic) bond motifs is 1. The fraction of sp³-hybridized carbons (Fsp3) is 0.444. The molecule has 2 amide bonds. The van der Waals surface area contributed by atoms with Gasteiger partial charge in [-0.05, 0) is 104 Å². The number of aromatic nitrogens is 4. The molecule has 2 fully saturated rings. The fourth-order valence-electron chi connectivity index (χ4n) is 6.01. The van der Waals surface area contributed by atoms with Crippen LogP contribution in [-0.4, -0.2) is 66.4 Å². The van der Waals surface area contributed by atoms with Crippen molar-refractivity contribution in [2.45, 2.75) is 90.5 Å². The molecule has 10 heteroatoms. The zero-order valence-corrected chi connectivity index (χ0v) is 27.4. The molecule has 240 valence electrons. The summed E-state index contributed by atoms with van der Waals surface area (Å²) in [5.74, 6) is 7.29. The minimum absolute atomic E-state index is 0.0772. The molecule has 2 aliphatic rings. The van der Waals surface area contributed by atoms with Crippen LogP contribution in [-0.2, 0) is 9.47 Å². The lowest BCUT2D eigenvalue weighted by molar-refractivity contribution is 0.0209. The number of nitrogens with one attached hydrogen (secondary N) is 2. The average molecular weight is 623 g/mol. The van der Waals surface area contributed by atoms with Gasteiger partial charge in [-0.25, -0.2) is 14.6 Å². The molecule has 2 aromatic heterocycles. The molecule has 0 saturated carbocycles. The number of likely N-dealkylation sites (tertiary alicyclic amines) is 2. The lowest BCUT2D eigenvalue weighted by Gasteiger charge is -2.28. The zero-order valence-electron chi connectivity index (χ0n) is 27.4. The Morgan fingerprint density at radius 2 is 1.39 bits per heavy atom. The first-order valence-electron chi connectivity index (χ1n) is 16.0. The highest BCUT2D eigenvalue weighted by atomic mass is 16.6. The molecule has 4 heterocycles. The van der Waals surface area contributed by atoms with Gasteiger partial charge in [-0.3, -0.25) is 14.9 Å². The van der Waals surface area contributed by atoms with Crippen molar-refractivity contribution in [3.8, 4) is 23.1 Å². The van der Waals surface area contributed by atoms with Gasteiger partial charge in [0, 0.05) is 29.8 Å². The number of H-pyrrole nitrogens is 2. The van der Waals surface area contributed by atoms with Gasteiger partial charge in [-0.2, -0.15) is 5.10 Å². The third-order valence-corrected chi connectivity index (χ3v) is 8.07. The molecule has 0 spiro atoms. The van der Waals surface area contributed by atoms with Gasteiger partial charge in [0.05, 0.1) is 34.5 Å². The van der Waals surface area contributed by atoms with Crippen LogP contribution < -0.4 is 0 Å². The van der Waals surface area contributed by atoms with Crippen molar-refractivity contribution in [3.05, 3.63) is 71.2 Å². The molecule has 0 bridgehead atoms. The number of aromatic amines is 2. The van der Waals surface area contributed by atoms with Crippen LogP contribution in [0.5, 0.6) is 0 Å². The Morgan fingerprint density at radius 1 is 0.804 bits per heavy atom. The Labute approximate surface area is 269 Å². The molecule has 0 radical (unpaired) electrons. The zero-order chi connectivity index (χ0) is 32.6. The number of hydrogen-bond acceptors (Lipinski definition) is 6. The van der Waals surface area contributed by atoms with Crippen LogP contribution in [0.4, 0.5) is 9.59 Å². The van der Waals surface area contributed by atoms with Crippen LogP contribution in [0.3, 0.4) is 0 Å². The van der Waals surface area contributed by atoms with Gasteiger partial charge < -0.3 is 14.5 Å². The van der Waals surface area contributed by atoms with E-state index < -0.39 is 11.2 Å². The van der Waals surface area contributed by atoms with Crippen LogP contribution in [0.15, 0.2) is 48.5 Å². The van der Waals surface area contributed by atoms with E-state index >= 15 is 0 Å². The Hall–Kier alpha value is -4.78. The second-order valence-electron chi connectivity index (χ2n) is 14.1. The third-order valence-electron chi connectivity index (χ3n) is 8.07. The summed E-state index contributed by atoms with van der Waals surface area (Å²) in [6, 6.07) is 15.7. The van der Waals surface area contributed by atoms with Gasteiger partial charge in [0.25, 0.3) is 0 Å². The van der Waals surface area contributed by atoms with E-state index in [1.807, 2.05) is 90.1 Å². The van der Waals surface area contributed by atoms with E-state index in [2.05, 4.69) is 27.0 Å². The summed E-state index contributed by atoms with van der Waals surface area (Å²) in [4.78, 5) is 37.3. The van der Waals surface area contributed by atoms with Crippen LogP contribution in [0.25, 0.3) is 22.3 Å². The maximum Gasteiger partial charge on any atom is 0.410 e. The Morgan fingerprint density at radius 3 is 2.04 bits per heavy atom. The summed E-state index contributed by atoms with van der Waals surface area (Å²) < 4.78 is 11.2. The van der Waals surface area contributed by atoms with Crippen molar-refractivity contribution in [1.29, 1.82) is 0 Å². The summed E-state index contributed by atoms with van der Waals surface area (Å²) in [6.07, 6.45) is 2.94. The number of imidazole rings is 1. The summed E-state index contributed by atoms with van der Waals surface area (Å²) in [5, 5.41) is 7.68. The van der Waals surface area contributed by atoms with Gasteiger partial charge in [0.15, 0.2) is 0 Å². The van der Waals surface area contributed by atoms with Crippen molar-refractivity contribution in [2.24, 2.45) is 0 Å². The molecule has 2 N–H and O–H groups in total. The maximum atomic E-state index is 12.8. The maximum absolute atomic E-state index is 12.8. The predicted octanol–water partition coefficient (Wildman–Crippen LogP) is 7.50. The predicted molar refractivity (Wildman–Crippen MR) is 176 cm³/mol. The first-order chi connectivity index (χ1) is 21.8. The summed E-state index contributed by atoms with van der Waals surface area (Å²) in [5.41, 5.74) is 5.08. The van der Waals surface area contributed by atoms with E-state index in [0.29, 0.717) is 13.1 Å². The minimum Gasteiger partial charge on any atom is -0.444 e. The topological polar surface area (TPSA) is 116 Å². The number of carbonyl (C=O) groups excluding carboxylic acids is 2. The normalized spacial score (nSPS) is 18.5. The molecule has 2 aliphatic heterocycles. The largest absolute Gasteiger partial charge is 0.444 e. The van der Waals surface area contributed by atoms with Crippen molar-refractivity contribution in [2.75, 3.05) is 13.1 Å². The third kappa shape index (κ3) is 7.04. The highest BCUT2D eigenvalue weighted by Gasteiger charge is 2.36. The molecular weight excluding hydrogens is 580 g/mol. The summed E-state index contributed by atoms with van der Waals surface area (Å²) in [7, 11) is 0. The van der Waals surface area contributed by atoms with Gasteiger partial charge in [-0.15, -0.1) is 0 Å². The second kappa shape index (κ2) is 12.2.